The highest BCUT2D eigenvalue weighted by Crippen LogP contribution is 2.20. The predicted molar refractivity (Wildman–Crippen MR) is 116 cm³/mol. The molecule has 0 saturated heterocycles. The second-order valence-electron chi connectivity index (χ2n) is 6.80. The minimum absolute atomic E-state index is 0.0813. The number of H-pyrrole nitrogens is 1. The molecule has 30 heavy (non-hydrogen) atoms. The second-order valence-corrected chi connectivity index (χ2v) is 7.79. The van der Waals surface area contributed by atoms with Gasteiger partial charge in [-0.05, 0) is 37.0 Å². The summed E-state index contributed by atoms with van der Waals surface area (Å²) >= 11 is 1.67. The molecule has 0 fully saturated rings. The molecule has 0 aliphatic heterocycles. The molecule has 8 nitrogen and oxygen atoms in total. The van der Waals surface area contributed by atoms with Gasteiger partial charge in [-0.2, -0.15) is 11.8 Å². The van der Waals surface area contributed by atoms with E-state index in [1.807, 2.05) is 36.7 Å². The number of fused-ring (bicyclic) bond motifs is 1. The summed E-state index contributed by atoms with van der Waals surface area (Å²) in [7, 11) is 0. The molecular formula is C21H26N4O4S. The van der Waals surface area contributed by atoms with Crippen LogP contribution in [0, 0.1) is 0 Å². The first kappa shape index (κ1) is 21.9. The highest BCUT2D eigenvalue weighted by molar-refractivity contribution is 7.98. The minimum atomic E-state index is -0.859. The summed E-state index contributed by atoms with van der Waals surface area (Å²) in [6.07, 6.45) is 6.06. The van der Waals surface area contributed by atoms with Crippen LogP contribution >= 0.6 is 11.8 Å². The van der Waals surface area contributed by atoms with E-state index < -0.39 is 17.9 Å². The van der Waals surface area contributed by atoms with Crippen molar-refractivity contribution in [3.63, 3.8) is 0 Å². The lowest BCUT2D eigenvalue weighted by Crippen LogP contribution is -2.43. The Morgan fingerprint density at radius 3 is 2.93 bits per heavy atom. The smallest absolute Gasteiger partial charge is 0.328 e. The molecule has 9 heteroatoms. The Labute approximate surface area is 178 Å². The van der Waals surface area contributed by atoms with Crippen LogP contribution in [0.5, 0.6) is 0 Å². The molecule has 0 aliphatic carbocycles. The van der Waals surface area contributed by atoms with E-state index in [-0.39, 0.29) is 24.8 Å². The van der Waals surface area contributed by atoms with Gasteiger partial charge in [0.2, 0.25) is 5.89 Å². The van der Waals surface area contributed by atoms with Gasteiger partial charge in [0.15, 0.2) is 5.69 Å². The third kappa shape index (κ3) is 5.22. The summed E-state index contributed by atoms with van der Waals surface area (Å²) < 4.78 is 10.5. The molecule has 0 spiro atoms. The first-order valence-electron chi connectivity index (χ1n) is 9.75. The van der Waals surface area contributed by atoms with Crippen molar-refractivity contribution in [1.82, 2.24) is 15.3 Å². The van der Waals surface area contributed by atoms with Crippen molar-refractivity contribution in [2.75, 3.05) is 18.6 Å². The van der Waals surface area contributed by atoms with Crippen LogP contribution in [-0.2, 0) is 16.0 Å². The maximum Gasteiger partial charge on any atom is 0.328 e. The molecule has 2 heterocycles. The summed E-state index contributed by atoms with van der Waals surface area (Å²) in [6, 6.07) is 6.53. The number of aromatic amines is 1. The molecule has 0 radical (unpaired) electrons. The highest BCUT2D eigenvalue weighted by Gasteiger charge is 2.26. The number of benzene rings is 1. The topological polar surface area (TPSA) is 123 Å². The number of nitrogens with two attached hydrogens (primary N) is 1. The van der Waals surface area contributed by atoms with E-state index in [2.05, 4.69) is 15.3 Å². The molecule has 160 valence electrons. The number of thioether (sulfide) groups is 1. The van der Waals surface area contributed by atoms with E-state index >= 15 is 0 Å². The maximum atomic E-state index is 12.7. The van der Waals surface area contributed by atoms with E-state index in [0.29, 0.717) is 12.3 Å². The molecular weight excluding hydrogens is 404 g/mol. The number of esters is 1. The number of aromatic nitrogens is 2. The van der Waals surface area contributed by atoms with Crippen molar-refractivity contribution in [1.29, 1.82) is 0 Å². The number of amides is 1. The molecule has 1 amide bonds. The standard InChI is InChI=1S/C21H26N4O4S/c1-3-28-21(27)17(10-13-11-23-16-7-5-4-6-14(13)16)24-19(26)18-12-29-20(25-18)15(22)8-9-30-2/h4-7,11-12,15,17,23H,3,8-10,22H2,1-2H3,(H,24,26). The van der Waals surface area contributed by atoms with Gasteiger partial charge in [-0.1, -0.05) is 18.2 Å². The fourth-order valence-corrected chi connectivity index (χ4v) is 3.61. The van der Waals surface area contributed by atoms with Gasteiger partial charge in [0.1, 0.15) is 12.3 Å². The lowest BCUT2D eigenvalue weighted by atomic mass is 10.0. The van der Waals surface area contributed by atoms with Crippen LogP contribution in [0.2, 0.25) is 0 Å². The fourth-order valence-electron chi connectivity index (χ4n) is 3.12. The Morgan fingerprint density at radius 2 is 2.17 bits per heavy atom. The lowest BCUT2D eigenvalue weighted by Gasteiger charge is -2.16. The molecule has 3 aromatic rings. The van der Waals surface area contributed by atoms with E-state index in [0.717, 1.165) is 22.2 Å². The summed E-state index contributed by atoms with van der Waals surface area (Å²) in [5, 5.41) is 3.71. The Kier molecular flexibility index (Phi) is 7.53. The third-order valence-electron chi connectivity index (χ3n) is 4.68. The fraction of sp³-hybridized carbons (Fsp3) is 0.381. The van der Waals surface area contributed by atoms with Gasteiger partial charge in [-0.3, -0.25) is 4.79 Å². The lowest BCUT2D eigenvalue weighted by molar-refractivity contribution is -0.145. The first-order chi connectivity index (χ1) is 14.5. The normalized spacial score (nSPS) is 13.2. The van der Waals surface area contributed by atoms with Crippen molar-refractivity contribution in [3.8, 4) is 0 Å². The van der Waals surface area contributed by atoms with Crippen LogP contribution in [0.1, 0.15) is 41.3 Å². The number of carbonyl (C=O) groups excluding carboxylic acids is 2. The zero-order valence-corrected chi connectivity index (χ0v) is 17.8. The van der Waals surface area contributed by atoms with Gasteiger partial charge >= 0.3 is 5.97 Å². The van der Waals surface area contributed by atoms with Gasteiger partial charge in [0.25, 0.3) is 5.91 Å². The van der Waals surface area contributed by atoms with E-state index in [1.54, 1.807) is 18.7 Å². The predicted octanol–water partition coefficient (Wildman–Crippen LogP) is 2.81. The molecule has 2 unspecified atom stereocenters. The summed E-state index contributed by atoms with van der Waals surface area (Å²) in [4.78, 5) is 32.6. The van der Waals surface area contributed by atoms with Crippen molar-refractivity contribution < 1.29 is 18.7 Å². The Balaban J connectivity index is 1.74. The molecule has 0 aliphatic rings. The van der Waals surface area contributed by atoms with Crippen molar-refractivity contribution in [2.45, 2.75) is 31.8 Å². The first-order valence-corrected chi connectivity index (χ1v) is 11.1. The van der Waals surface area contributed by atoms with Crippen LogP contribution in [-0.4, -0.2) is 46.5 Å². The van der Waals surface area contributed by atoms with Crippen LogP contribution in [0.3, 0.4) is 0 Å². The van der Waals surface area contributed by atoms with Gasteiger partial charge in [-0.25, -0.2) is 9.78 Å². The van der Waals surface area contributed by atoms with Gasteiger partial charge in [-0.15, -0.1) is 0 Å². The van der Waals surface area contributed by atoms with Crippen molar-refractivity contribution >= 4 is 34.5 Å². The van der Waals surface area contributed by atoms with E-state index in [9.17, 15) is 9.59 Å². The number of nitrogens with zero attached hydrogens (tertiary/aromatic N) is 1. The highest BCUT2D eigenvalue weighted by atomic mass is 32.2. The number of hydrogen-bond donors (Lipinski definition) is 3. The number of para-hydroxylation sites is 1. The number of hydrogen-bond acceptors (Lipinski definition) is 7. The third-order valence-corrected chi connectivity index (χ3v) is 5.32. The average molecular weight is 431 g/mol. The zero-order chi connectivity index (χ0) is 21.5. The van der Waals surface area contributed by atoms with Crippen LogP contribution in [0.15, 0.2) is 41.1 Å². The SMILES string of the molecule is CCOC(=O)C(Cc1c[nH]c2ccccc12)NC(=O)c1coc(C(N)CCSC)n1. The maximum absolute atomic E-state index is 12.7. The van der Waals surface area contributed by atoms with Gasteiger partial charge in [0.05, 0.1) is 12.6 Å². The molecule has 0 saturated carbocycles. The quantitative estimate of drug-likeness (QED) is 0.423. The van der Waals surface area contributed by atoms with Crippen LogP contribution in [0.25, 0.3) is 10.9 Å². The summed E-state index contributed by atoms with van der Waals surface area (Å²) in [6.45, 7) is 1.94. The Hall–Kier alpha value is -2.78. The number of oxazole rings is 1. The largest absolute Gasteiger partial charge is 0.464 e. The molecule has 0 bridgehead atoms. The van der Waals surface area contributed by atoms with Crippen LogP contribution in [0.4, 0.5) is 0 Å². The molecule has 1 aromatic carbocycles. The second kappa shape index (κ2) is 10.3. The van der Waals surface area contributed by atoms with Gasteiger partial charge in [0, 0.05) is 23.5 Å². The zero-order valence-electron chi connectivity index (χ0n) is 17.0. The minimum Gasteiger partial charge on any atom is -0.464 e. The van der Waals surface area contributed by atoms with E-state index in [4.69, 9.17) is 14.9 Å². The average Bonchev–Trinajstić information content (AvgIpc) is 3.39. The molecule has 2 aromatic heterocycles. The number of rotatable bonds is 10. The number of carbonyl (C=O) groups is 2. The number of nitrogens with one attached hydrogen (secondary N) is 2. The Morgan fingerprint density at radius 1 is 1.37 bits per heavy atom. The van der Waals surface area contributed by atoms with Crippen LogP contribution < -0.4 is 11.1 Å². The van der Waals surface area contributed by atoms with Crippen molar-refractivity contribution in [3.05, 3.63) is 53.9 Å². The van der Waals surface area contributed by atoms with Gasteiger partial charge < -0.3 is 25.2 Å². The molecule has 4 N–H and O–H groups in total. The number of ether oxygens (including phenoxy) is 1. The van der Waals surface area contributed by atoms with E-state index in [1.165, 1.54) is 6.26 Å². The summed E-state index contributed by atoms with van der Waals surface area (Å²) in [5.74, 6) is 0.149. The monoisotopic (exact) mass is 430 g/mol. The molecule has 2 atom stereocenters. The Bertz CT molecular complexity index is 1000. The summed E-state index contributed by atoms with van der Waals surface area (Å²) in [5.41, 5.74) is 8.00. The van der Waals surface area contributed by atoms with Crippen molar-refractivity contribution in [2.24, 2.45) is 5.73 Å². The molecule has 3 rings (SSSR count).